The number of fused-ring (bicyclic) bond motifs is 1. The summed E-state index contributed by atoms with van der Waals surface area (Å²) in [5.41, 5.74) is 1.52. The van der Waals surface area contributed by atoms with Crippen molar-refractivity contribution in [2.24, 2.45) is 0 Å². The van der Waals surface area contributed by atoms with Gasteiger partial charge in [-0.1, -0.05) is 53.4 Å². The molecule has 4 aromatic rings. The Morgan fingerprint density at radius 2 is 1.84 bits per heavy atom. The Morgan fingerprint density at radius 1 is 1.12 bits per heavy atom. The van der Waals surface area contributed by atoms with E-state index in [1.165, 1.54) is 23.0 Å². The van der Waals surface area contributed by atoms with Crippen molar-refractivity contribution >= 4 is 51.6 Å². The third-order valence-corrected chi connectivity index (χ3v) is 6.81. The minimum atomic E-state index is -0.386. The Bertz CT molecular complexity index is 1390. The number of esters is 1. The number of carbonyl (C=O) groups excluding carboxylic acids is 1. The first-order valence-corrected chi connectivity index (χ1v) is 11.9. The predicted molar refractivity (Wildman–Crippen MR) is 129 cm³/mol. The molecule has 164 valence electrons. The molecule has 0 spiro atoms. The molecule has 0 bridgehead atoms. The Morgan fingerprint density at radius 3 is 2.56 bits per heavy atom. The molecule has 0 atom stereocenters. The zero-order chi connectivity index (χ0) is 22.7. The van der Waals surface area contributed by atoms with Crippen molar-refractivity contribution in [1.29, 1.82) is 0 Å². The van der Waals surface area contributed by atoms with Gasteiger partial charge in [0.05, 0.1) is 25.2 Å². The van der Waals surface area contributed by atoms with Crippen molar-refractivity contribution in [3.8, 4) is 17.1 Å². The van der Waals surface area contributed by atoms with Crippen LogP contribution in [0.4, 0.5) is 0 Å². The molecule has 0 radical (unpaired) electrons. The van der Waals surface area contributed by atoms with E-state index in [4.69, 9.17) is 26.7 Å². The summed E-state index contributed by atoms with van der Waals surface area (Å²) in [4.78, 5) is 30.5. The summed E-state index contributed by atoms with van der Waals surface area (Å²) in [6, 6.07) is 16.7. The highest BCUT2D eigenvalue weighted by Crippen LogP contribution is 2.30. The Balaban J connectivity index is 1.98. The molecule has 2 aromatic heterocycles. The minimum absolute atomic E-state index is 0.0111. The summed E-state index contributed by atoms with van der Waals surface area (Å²) in [5.74, 6) is 0.139. The van der Waals surface area contributed by atoms with E-state index in [9.17, 15) is 9.59 Å². The highest BCUT2D eigenvalue weighted by Gasteiger charge is 2.21. The van der Waals surface area contributed by atoms with Gasteiger partial charge < -0.3 is 9.47 Å². The molecule has 0 unspecified atom stereocenters. The van der Waals surface area contributed by atoms with Gasteiger partial charge in [0, 0.05) is 5.69 Å². The van der Waals surface area contributed by atoms with Crippen LogP contribution in [0.2, 0.25) is 0 Å². The molecule has 2 aromatic carbocycles. The van der Waals surface area contributed by atoms with Crippen LogP contribution in [0.5, 0.6) is 5.75 Å². The van der Waals surface area contributed by atoms with E-state index in [0.29, 0.717) is 30.9 Å². The van der Waals surface area contributed by atoms with Crippen molar-refractivity contribution < 1.29 is 14.3 Å². The number of thioether (sulfide) groups is 1. The molecular weight excluding hydrogens is 466 g/mol. The zero-order valence-electron chi connectivity index (χ0n) is 17.3. The van der Waals surface area contributed by atoms with Gasteiger partial charge in [0.1, 0.15) is 10.4 Å². The molecule has 10 heteroatoms. The normalized spacial score (nSPS) is 10.9. The number of hydrogen-bond acceptors (Lipinski definition) is 8. The van der Waals surface area contributed by atoms with Gasteiger partial charge in [-0.3, -0.25) is 18.7 Å². The monoisotopic (exact) mass is 485 g/mol. The first-order chi connectivity index (χ1) is 15.5. The molecule has 0 aliphatic carbocycles. The molecule has 32 heavy (non-hydrogen) atoms. The molecule has 0 saturated heterocycles. The van der Waals surface area contributed by atoms with E-state index in [2.05, 4.69) is 0 Å². The lowest BCUT2D eigenvalue weighted by Crippen LogP contribution is -2.22. The number of methoxy groups -OCH3 is 1. The van der Waals surface area contributed by atoms with Crippen LogP contribution in [0.3, 0.4) is 0 Å². The van der Waals surface area contributed by atoms with Gasteiger partial charge in [0.2, 0.25) is 0 Å². The number of nitrogens with zero attached hydrogens (tertiary/aromatic N) is 3. The van der Waals surface area contributed by atoms with Gasteiger partial charge in [-0.25, -0.2) is 4.98 Å². The fourth-order valence-electron chi connectivity index (χ4n) is 3.19. The van der Waals surface area contributed by atoms with E-state index >= 15 is 0 Å². The van der Waals surface area contributed by atoms with Gasteiger partial charge in [0.15, 0.2) is 14.8 Å². The molecule has 0 amide bonds. The van der Waals surface area contributed by atoms with Crippen LogP contribution in [0.25, 0.3) is 21.7 Å². The summed E-state index contributed by atoms with van der Waals surface area (Å²) < 4.78 is 14.7. The maximum Gasteiger partial charge on any atom is 0.316 e. The summed E-state index contributed by atoms with van der Waals surface area (Å²) >= 11 is 7.91. The number of hydrogen-bond donors (Lipinski definition) is 0. The van der Waals surface area contributed by atoms with Crippen LogP contribution in [0.1, 0.15) is 6.92 Å². The van der Waals surface area contributed by atoms with Gasteiger partial charge in [-0.05, 0) is 43.4 Å². The standard InChI is InChI=1S/C22H19N3O4S3/c1-3-29-17(26)13-31-21-23-19-18(32-22(30)24(19)14-9-5-4-6-10-14)20(27)25(21)15-11-7-8-12-16(15)28-2/h4-12H,3,13H2,1-2H3. The van der Waals surface area contributed by atoms with Gasteiger partial charge in [-0.2, -0.15) is 0 Å². The fraction of sp³-hybridized carbons (Fsp3) is 0.182. The summed E-state index contributed by atoms with van der Waals surface area (Å²) in [6.07, 6.45) is 0. The second kappa shape index (κ2) is 9.68. The van der Waals surface area contributed by atoms with Crippen molar-refractivity contribution in [1.82, 2.24) is 14.1 Å². The first kappa shape index (κ1) is 22.3. The van der Waals surface area contributed by atoms with Crippen LogP contribution < -0.4 is 10.3 Å². The smallest absolute Gasteiger partial charge is 0.316 e. The SMILES string of the molecule is CCOC(=O)CSc1nc2c(sc(=S)n2-c2ccccc2)c(=O)n1-c1ccccc1OC. The quantitative estimate of drug-likeness (QED) is 0.163. The van der Waals surface area contributed by atoms with Crippen LogP contribution in [0.15, 0.2) is 64.5 Å². The molecule has 4 rings (SSSR count). The number of rotatable bonds is 7. The molecule has 0 saturated carbocycles. The van der Waals surface area contributed by atoms with E-state index in [-0.39, 0.29) is 23.9 Å². The zero-order valence-corrected chi connectivity index (χ0v) is 19.8. The summed E-state index contributed by atoms with van der Waals surface area (Å²) in [5, 5.41) is 0.345. The molecule has 7 nitrogen and oxygen atoms in total. The number of carbonyl (C=O) groups is 1. The second-order valence-corrected chi connectivity index (χ2v) is 9.08. The molecule has 2 heterocycles. The topological polar surface area (TPSA) is 75.4 Å². The second-order valence-electron chi connectivity index (χ2n) is 6.49. The fourth-order valence-corrected chi connectivity index (χ4v) is 5.29. The largest absolute Gasteiger partial charge is 0.495 e. The Kier molecular flexibility index (Phi) is 6.73. The Hall–Kier alpha value is -2.95. The maximum atomic E-state index is 13.7. The van der Waals surface area contributed by atoms with Crippen molar-refractivity contribution in [2.75, 3.05) is 19.5 Å². The molecule has 0 aliphatic heterocycles. The minimum Gasteiger partial charge on any atom is -0.495 e. The van der Waals surface area contributed by atoms with E-state index in [1.807, 2.05) is 42.5 Å². The van der Waals surface area contributed by atoms with Crippen molar-refractivity contribution in [3.63, 3.8) is 0 Å². The number of para-hydroxylation sites is 3. The average Bonchev–Trinajstić information content (AvgIpc) is 3.14. The molecule has 0 N–H and O–H groups in total. The van der Waals surface area contributed by atoms with Gasteiger partial charge in [-0.15, -0.1) is 0 Å². The average molecular weight is 486 g/mol. The number of benzene rings is 2. The van der Waals surface area contributed by atoms with Gasteiger partial charge >= 0.3 is 5.97 Å². The van der Waals surface area contributed by atoms with Crippen LogP contribution in [-0.2, 0) is 9.53 Å². The van der Waals surface area contributed by atoms with E-state index in [0.717, 1.165) is 17.4 Å². The molecular formula is C22H19N3O4S3. The third-order valence-electron chi connectivity index (χ3n) is 4.54. The number of aromatic nitrogens is 3. The lowest BCUT2D eigenvalue weighted by atomic mass is 10.3. The highest BCUT2D eigenvalue weighted by molar-refractivity contribution is 7.99. The predicted octanol–water partition coefficient (Wildman–Crippen LogP) is 4.63. The molecule has 0 fully saturated rings. The lowest BCUT2D eigenvalue weighted by Gasteiger charge is -2.15. The van der Waals surface area contributed by atoms with Crippen molar-refractivity contribution in [3.05, 3.63) is 68.9 Å². The van der Waals surface area contributed by atoms with Crippen molar-refractivity contribution in [2.45, 2.75) is 12.1 Å². The third kappa shape index (κ3) is 4.21. The number of ether oxygens (including phenoxy) is 2. The summed E-state index contributed by atoms with van der Waals surface area (Å²) in [6.45, 7) is 2.03. The summed E-state index contributed by atoms with van der Waals surface area (Å²) in [7, 11) is 1.54. The lowest BCUT2D eigenvalue weighted by molar-refractivity contribution is -0.139. The molecule has 0 aliphatic rings. The Labute approximate surface area is 197 Å². The first-order valence-electron chi connectivity index (χ1n) is 9.71. The van der Waals surface area contributed by atoms with E-state index in [1.54, 1.807) is 23.6 Å². The van der Waals surface area contributed by atoms with Gasteiger partial charge in [0.25, 0.3) is 5.56 Å². The number of thiazole rings is 1. The maximum absolute atomic E-state index is 13.7. The van der Waals surface area contributed by atoms with E-state index < -0.39 is 0 Å². The van der Waals surface area contributed by atoms with Crippen LogP contribution in [-0.4, -0.2) is 39.6 Å². The highest BCUT2D eigenvalue weighted by atomic mass is 32.2. The van der Waals surface area contributed by atoms with Crippen LogP contribution >= 0.6 is 35.3 Å². The van der Waals surface area contributed by atoms with Crippen LogP contribution in [0, 0.1) is 3.95 Å².